The van der Waals surface area contributed by atoms with Gasteiger partial charge in [-0.1, -0.05) is 24.3 Å². The van der Waals surface area contributed by atoms with Crippen LogP contribution in [0.15, 0.2) is 47.3 Å². The number of rotatable bonds is 5. The molecule has 2 aromatic heterocycles. The SMILES string of the molecule is CCOC(=O)Cn1c2cc(C)ccc2n2c(=O)c3ccccc3c(C(=O)OCC)c12. The molecular weight excluding hydrogens is 384 g/mol. The first-order chi connectivity index (χ1) is 14.5. The summed E-state index contributed by atoms with van der Waals surface area (Å²) in [6, 6.07) is 12.5. The van der Waals surface area contributed by atoms with Crippen molar-refractivity contribution in [2.24, 2.45) is 0 Å². The molecule has 0 radical (unpaired) electrons. The van der Waals surface area contributed by atoms with Crippen molar-refractivity contribution < 1.29 is 19.1 Å². The highest BCUT2D eigenvalue weighted by Crippen LogP contribution is 2.28. The number of aryl methyl sites for hydroxylation is 1. The maximum Gasteiger partial charge on any atom is 0.342 e. The Labute approximate surface area is 172 Å². The van der Waals surface area contributed by atoms with Gasteiger partial charge >= 0.3 is 11.9 Å². The second-order valence-electron chi connectivity index (χ2n) is 6.99. The number of hydrogen-bond donors (Lipinski definition) is 0. The van der Waals surface area contributed by atoms with Gasteiger partial charge in [-0.25, -0.2) is 4.79 Å². The van der Waals surface area contributed by atoms with E-state index in [0.29, 0.717) is 27.5 Å². The first kappa shape index (κ1) is 19.7. The standard InChI is InChI=1S/C23H22N2O5/c1-4-29-19(26)13-24-18-12-14(3)10-11-17(18)25-21(24)20(23(28)30-5-2)15-8-6-7-9-16(15)22(25)27/h6-12H,4-5,13H2,1-3H3. The minimum Gasteiger partial charge on any atom is -0.465 e. The second kappa shape index (κ2) is 7.67. The van der Waals surface area contributed by atoms with Gasteiger partial charge in [0.25, 0.3) is 5.56 Å². The van der Waals surface area contributed by atoms with Gasteiger partial charge in [0.05, 0.1) is 24.2 Å². The van der Waals surface area contributed by atoms with E-state index in [2.05, 4.69) is 0 Å². The summed E-state index contributed by atoms with van der Waals surface area (Å²) in [6.45, 7) is 5.68. The molecule has 0 fully saturated rings. The summed E-state index contributed by atoms with van der Waals surface area (Å²) in [5.41, 5.74) is 2.56. The van der Waals surface area contributed by atoms with Gasteiger partial charge in [-0.3, -0.25) is 14.0 Å². The van der Waals surface area contributed by atoms with Crippen molar-refractivity contribution in [2.75, 3.05) is 13.2 Å². The predicted octanol–water partition coefficient (Wildman–Crippen LogP) is 3.46. The van der Waals surface area contributed by atoms with E-state index < -0.39 is 11.9 Å². The van der Waals surface area contributed by atoms with Crippen LogP contribution in [0.2, 0.25) is 0 Å². The Morgan fingerprint density at radius 3 is 2.33 bits per heavy atom. The molecule has 154 valence electrons. The molecule has 7 heteroatoms. The lowest BCUT2D eigenvalue weighted by Gasteiger charge is -2.12. The maximum atomic E-state index is 13.4. The molecule has 30 heavy (non-hydrogen) atoms. The molecule has 7 nitrogen and oxygen atoms in total. The van der Waals surface area contributed by atoms with Crippen LogP contribution in [-0.2, 0) is 20.8 Å². The fourth-order valence-electron chi connectivity index (χ4n) is 3.87. The van der Waals surface area contributed by atoms with Crippen LogP contribution < -0.4 is 5.56 Å². The van der Waals surface area contributed by atoms with Gasteiger partial charge < -0.3 is 14.0 Å². The molecule has 4 rings (SSSR count). The van der Waals surface area contributed by atoms with Crippen molar-refractivity contribution >= 4 is 39.4 Å². The first-order valence-electron chi connectivity index (χ1n) is 9.87. The molecule has 0 spiro atoms. The number of hydrogen-bond acceptors (Lipinski definition) is 5. The van der Waals surface area contributed by atoms with Gasteiger partial charge in [-0.05, 0) is 44.5 Å². The zero-order valence-corrected chi connectivity index (χ0v) is 17.1. The second-order valence-corrected chi connectivity index (χ2v) is 6.99. The van der Waals surface area contributed by atoms with Crippen LogP contribution in [0.3, 0.4) is 0 Å². The molecule has 0 saturated carbocycles. The number of imidazole rings is 1. The third-order valence-corrected chi connectivity index (χ3v) is 5.06. The van der Waals surface area contributed by atoms with E-state index >= 15 is 0 Å². The van der Waals surface area contributed by atoms with Gasteiger partial charge in [-0.15, -0.1) is 0 Å². The number of esters is 2. The quantitative estimate of drug-likeness (QED) is 0.474. The highest BCUT2D eigenvalue weighted by molar-refractivity contribution is 6.11. The molecule has 2 heterocycles. The van der Waals surface area contributed by atoms with E-state index in [9.17, 15) is 14.4 Å². The number of pyridine rings is 1. The van der Waals surface area contributed by atoms with E-state index in [0.717, 1.165) is 5.56 Å². The molecule has 0 N–H and O–H groups in total. The van der Waals surface area contributed by atoms with Gasteiger partial charge in [0.1, 0.15) is 17.8 Å². The highest BCUT2D eigenvalue weighted by Gasteiger charge is 2.25. The Morgan fingerprint density at radius 1 is 0.933 bits per heavy atom. The summed E-state index contributed by atoms with van der Waals surface area (Å²) < 4.78 is 13.6. The van der Waals surface area contributed by atoms with Crippen LogP contribution >= 0.6 is 0 Å². The molecule has 0 atom stereocenters. The number of benzene rings is 2. The van der Waals surface area contributed by atoms with E-state index in [1.54, 1.807) is 42.7 Å². The van der Waals surface area contributed by atoms with Gasteiger partial charge in [0.15, 0.2) is 0 Å². The minimum absolute atomic E-state index is 0.130. The summed E-state index contributed by atoms with van der Waals surface area (Å²) in [7, 11) is 0. The number of ether oxygens (including phenoxy) is 2. The highest BCUT2D eigenvalue weighted by atomic mass is 16.5. The van der Waals surface area contributed by atoms with Gasteiger partial charge in [-0.2, -0.15) is 0 Å². The van der Waals surface area contributed by atoms with Crippen molar-refractivity contribution in [3.05, 3.63) is 63.9 Å². The zero-order valence-electron chi connectivity index (χ0n) is 17.1. The smallest absolute Gasteiger partial charge is 0.342 e. The molecule has 0 bridgehead atoms. The van der Waals surface area contributed by atoms with Crippen molar-refractivity contribution in [2.45, 2.75) is 27.3 Å². The number of aromatic nitrogens is 2. The Kier molecular flexibility index (Phi) is 5.03. The predicted molar refractivity (Wildman–Crippen MR) is 114 cm³/mol. The van der Waals surface area contributed by atoms with E-state index in [1.807, 2.05) is 25.1 Å². The molecule has 4 aromatic rings. The van der Waals surface area contributed by atoms with Crippen molar-refractivity contribution in [3.63, 3.8) is 0 Å². The lowest BCUT2D eigenvalue weighted by molar-refractivity contribution is -0.143. The molecular formula is C23H22N2O5. The van der Waals surface area contributed by atoms with Crippen molar-refractivity contribution in [1.29, 1.82) is 0 Å². The Hall–Kier alpha value is -3.61. The number of carbonyl (C=O) groups is 2. The Morgan fingerprint density at radius 2 is 1.63 bits per heavy atom. The molecule has 2 aromatic carbocycles. The lowest BCUT2D eigenvalue weighted by atomic mass is 10.1. The average Bonchev–Trinajstić information content (AvgIpc) is 3.02. The fraction of sp³-hybridized carbons (Fsp3) is 0.261. The monoisotopic (exact) mass is 406 g/mol. The van der Waals surface area contributed by atoms with E-state index in [1.165, 1.54) is 4.40 Å². The molecule has 0 aliphatic rings. The number of nitrogens with zero attached hydrogens (tertiary/aromatic N) is 2. The maximum absolute atomic E-state index is 13.4. The van der Waals surface area contributed by atoms with Crippen LogP contribution in [0.5, 0.6) is 0 Å². The van der Waals surface area contributed by atoms with Gasteiger partial charge in [0.2, 0.25) is 0 Å². The minimum atomic E-state index is -0.546. The third-order valence-electron chi connectivity index (χ3n) is 5.06. The van der Waals surface area contributed by atoms with Crippen LogP contribution in [0.4, 0.5) is 0 Å². The average molecular weight is 406 g/mol. The van der Waals surface area contributed by atoms with Crippen LogP contribution in [0.1, 0.15) is 29.8 Å². The lowest BCUT2D eigenvalue weighted by Crippen LogP contribution is -2.21. The molecule has 0 aliphatic carbocycles. The first-order valence-corrected chi connectivity index (χ1v) is 9.87. The number of carbonyl (C=O) groups excluding carboxylic acids is 2. The summed E-state index contributed by atoms with van der Waals surface area (Å²) in [5, 5.41) is 0.902. The number of fused-ring (bicyclic) bond motifs is 4. The fourth-order valence-corrected chi connectivity index (χ4v) is 3.87. The normalized spacial score (nSPS) is 11.3. The molecule has 0 saturated heterocycles. The van der Waals surface area contributed by atoms with Crippen LogP contribution in [0, 0.1) is 6.92 Å². The molecule has 0 aliphatic heterocycles. The largest absolute Gasteiger partial charge is 0.465 e. The third kappa shape index (κ3) is 3.03. The topological polar surface area (TPSA) is 79.0 Å². The zero-order chi connectivity index (χ0) is 21.4. The van der Waals surface area contributed by atoms with Crippen molar-refractivity contribution in [3.8, 4) is 0 Å². The summed E-state index contributed by atoms with van der Waals surface area (Å²) >= 11 is 0. The van der Waals surface area contributed by atoms with Crippen LogP contribution in [-0.4, -0.2) is 34.1 Å². The Balaban J connectivity index is 2.24. The summed E-state index contributed by atoms with van der Waals surface area (Å²) in [5.74, 6) is -0.996. The van der Waals surface area contributed by atoms with E-state index in [-0.39, 0.29) is 30.9 Å². The molecule has 0 amide bonds. The molecule has 0 unspecified atom stereocenters. The summed E-state index contributed by atoms with van der Waals surface area (Å²) in [6.07, 6.45) is 0. The Bertz CT molecular complexity index is 1360. The van der Waals surface area contributed by atoms with Crippen LogP contribution in [0.25, 0.3) is 27.5 Å². The summed E-state index contributed by atoms with van der Waals surface area (Å²) in [4.78, 5) is 38.8. The van der Waals surface area contributed by atoms with Crippen molar-refractivity contribution in [1.82, 2.24) is 8.97 Å². The van der Waals surface area contributed by atoms with Gasteiger partial charge in [0, 0.05) is 10.8 Å². The van der Waals surface area contributed by atoms with E-state index in [4.69, 9.17) is 9.47 Å².